The molecule has 1 aliphatic carbocycles. The van der Waals surface area contributed by atoms with Crippen LogP contribution in [0.5, 0.6) is 0 Å². The molecular formula is C15H15Cl2N3O3. The predicted molar refractivity (Wildman–Crippen MR) is 84.1 cm³/mol. The molecule has 0 bridgehead atoms. The number of hydrogen-bond acceptors (Lipinski definition) is 5. The number of pyridine rings is 1. The fraction of sp³-hybridized carbons (Fsp3) is 0.467. The van der Waals surface area contributed by atoms with Gasteiger partial charge in [0, 0.05) is 6.20 Å². The highest BCUT2D eigenvalue weighted by Gasteiger charge is 2.33. The lowest BCUT2D eigenvalue weighted by Gasteiger charge is -2.31. The number of nitrogens with one attached hydrogen (secondary N) is 1. The van der Waals surface area contributed by atoms with Gasteiger partial charge in [-0.2, -0.15) is 5.26 Å². The first-order valence-electron chi connectivity index (χ1n) is 7.16. The average molecular weight is 356 g/mol. The number of esters is 1. The van der Waals surface area contributed by atoms with Crippen molar-refractivity contribution in [2.45, 2.75) is 37.6 Å². The van der Waals surface area contributed by atoms with Crippen LogP contribution in [0.2, 0.25) is 10.2 Å². The summed E-state index contributed by atoms with van der Waals surface area (Å²) in [7, 11) is 0. The van der Waals surface area contributed by atoms with Crippen LogP contribution in [0.1, 0.15) is 42.5 Å². The molecule has 6 nitrogen and oxygen atoms in total. The number of ether oxygens (including phenoxy) is 1. The molecule has 0 unspecified atom stereocenters. The highest BCUT2D eigenvalue weighted by molar-refractivity contribution is 6.41. The summed E-state index contributed by atoms with van der Waals surface area (Å²) in [6.45, 7) is -0.470. The molecular weight excluding hydrogens is 341 g/mol. The van der Waals surface area contributed by atoms with Crippen molar-refractivity contribution in [2.75, 3.05) is 6.61 Å². The van der Waals surface area contributed by atoms with Crippen molar-refractivity contribution in [3.8, 4) is 6.07 Å². The zero-order valence-corrected chi connectivity index (χ0v) is 13.8. The molecule has 2 rings (SSSR count). The normalized spacial score (nSPS) is 16.2. The molecule has 1 aliphatic rings. The van der Waals surface area contributed by atoms with Crippen molar-refractivity contribution in [1.29, 1.82) is 5.26 Å². The zero-order valence-electron chi connectivity index (χ0n) is 12.3. The largest absolute Gasteiger partial charge is 0.452 e. The van der Waals surface area contributed by atoms with Crippen LogP contribution >= 0.6 is 23.2 Å². The van der Waals surface area contributed by atoms with Gasteiger partial charge in [0.2, 0.25) is 0 Å². The molecule has 0 atom stereocenters. The second kappa shape index (κ2) is 7.62. The second-order valence-electron chi connectivity index (χ2n) is 5.38. The van der Waals surface area contributed by atoms with Crippen LogP contribution in [-0.2, 0) is 9.53 Å². The summed E-state index contributed by atoms with van der Waals surface area (Å²) >= 11 is 11.4. The van der Waals surface area contributed by atoms with Crippen LogP contribution in [0.15, 0.2) is 12.3 Å². The minimum Gasteiger partial charge on any atom is -0.452 e. The smallest absolute Gasteiger partial charge is 0.340 e. The van der Waals surface area contributed by atoms with Crippen molar-refractivity contribution < 1.29 is 14.3 Å². The van der Waals surface area contributed by atoms with E-state index in [1.165, 1.54) is 12.3 Å². The molecule has 1 saturated carbocycles. The van der Waals surface area contributed by atoms with Gasteiger partial charge in [-0.15, -0.1) is 0 Å². The van der Waals surface area contributed by atoms with Gasteiger partial charge in [-0.3, -0.25) is 4.79 Å². The van der Waals surface area contributed by atoms with Gasteiger partial charge in [-0.1, -0.05) is 42.5 Å². The molecule has 1 aromatic heterocycles. The Balaban J connectivity index is 1.89. The molecule has 1 heterocycles. The summed E-state index contributed by atoms with van der Waals surface area (Å²) in [4.78, 5) is 27.5. The highest BCUT2D eigenvalue weighted by Crippen LogP contribution is 2.27. The fourth-order valence-electron chi connectivity index (χ4n) is 2.47. The number of carbonyl (C=O) groups is 2. The minimum absolute atomic E-state index is 0.0780. The molecule has 1 N–H and O–H groups in total. The maximum atomic E-state index is 11.9. The van der Waals surface area contributed by atoms with Crippen LogP contribution < -0.4 is 5.32 Å². The summed E-state index contributed by atoms with van der Waals surface area (Å²) in [6, 6.07) is 3.48. The van der Waals surface area contributed by atoms with Gasteiger partial charge >= 0.3 is 5.97 Å². The monoisotopic (exact) mass is 355 g/mol. The van der Waals surface area contributed by atoms with Gasteiger partial charge in [-0.05, 0) is 18.9 Å². The molecule has 0 aromatic carbocycles. The van der Waals surface area contributed by atoms with Crippen molar-refractivity contribution in [3.05, 3.63) is 28.0 Å². The van der Waals surface area contributed by atoms with Gasteiger partial charge in [0.25, 0.3) is 5.91 Å². The summed E-state index contributed by atoms with van der Waals surface area (Å²) < 4.78 is 4.91. The lowest BCUT2D eigenvalue weighted by atomic mass is 9.83. The molecule has 0 radical (unpaired) electrons. The van der Waals surface area contributed by atoms with E-state index < -0.39 is 24.0 Å². The number of amides is 1. The molecule has 1 fully saturated rings. The van der Waals surface area contributed by atoms with Crippen LogP contribution in [0, 0.1) is 11.3 Å². The van der Waals surface area contributed by atoms with E-state index >= 15 is 0 Å². The predicted octanol–water partition coefficient (Wildman–Crippen LogP) is 2.89. The molecule has 23 heavy (non-hydrogen) atoms. The van der Waals surface area contributed by atoms with Gasteiger partial charge < -0.3 is 10.1 Å². The molecule has 1 aromatic rings. The molecule has 122 valence electrons. The fourth-order valence-corrected chi connectivity index (χ4v) is 2.74. The molecule has 8 heteroatoms. The maximum Gasteiger partial charge on any atom is 0.340 e. The number of hydrogen-bond donors (Lipinski definition) is 1. The maximum absolute atomic E-state index is 11.9. The Bertz CT molecular complexity index is 652. The van der Waals surface area contributed by atoms with Crippen molar-refractivity contribution in [2.24, 2.45) is 0 Å². The van der Waals surface area contributed by atoms with E-state index in [0.29, 0.717) is 12.8 Å². The van der Waals surface area contributed by atoms with Gasteiger partial charge in [0.05, 0.1) is 16.7 Å². The van der Waals surface area contributed by atoms with Crippen LogP contribution in [-0.4, -0.2) is 29.0 Å². The number of nitrogens with zero attached hydrogens (tertiary/aromatic N) is 2. The first-order chi connectivity index (χ1) is 11.0. The Hall–Kier alpha value is -1.84. The number of rotatable bonds is 4. The van der Waals surface area contributed by atoms with E-state index in [-0.39, 0.29) is 15.7 Å². The Morgan fingerprint density at radius 2 is 2.04 bits per heavy atom. The first kappa shape index (κ1) is 17.5. The SMILES string of the molecule is N#CC1(NC(=O)COC(=O)c2cnc(Cl)c(Cl)c2)CCCCC1. The number of carbonyl (C=O) groups excluding carboxylic acids is 2. The zero-order chi connectivity index (χ0) is 16.9. The Labute approximate surface area is 143 Å². The molecule has 0 saturated heterocycles. The topological polar surface area (TPSA) is 92.1 Å². The van der Waals surface area contributed by atoms with E-state index in [4.69, 9.17) is 27.9 Å². The highest BCUT2D eigenvalue weighted by atomic mass is 35.5. The van der Waals surface area contributed by atoms with Crippen molar-refractivity contribution in [3.63, 3.8) is 0 Å². The van der Waals surface area contributed by atoms with Crippen LogP contribution in [0.25, 0.3) is 0 Å². The Morgan fingerprint density at radius 3 is 2.65 bits per heavy atom. The quantitative estimate of drug-likeness (QED) is 0.662. The van der Waals surface area contributed by atoms with E-state index in [2.05, 4.69) is 16.4 Å². The number of nitriles is 1. The first-order valence-corrected chi connectivity index (χ1v) is 7.92. The summed E-state index contributed by atoms with van der Waals surface area (Å²) in [5, 5.41) is 12.2. The summed E-state index contributed by atoms with van der Waals surface area (Å²) in [5.74, 6) is -1.24. The third-order valence-electron chi connectivity index (χ3n) is 3.67. The van der Waals surface area contributed by atoms with Crippen LogP contribution in [0.4, 0.5) is 0 Å². The third-order valence-corrected chi connectivity index (χ3v) is 4.35. The van der Waals surface area contributed by atoms with Crippen LogP contribution in [0.3, 0.4) is 0 Å². The van der Waals surface area contributed by atoms with E-state index in [1.807, 2.05) is 0 Å². The van der Waals surface area contributed by atoms with E-state index in [0.717, 1.165) is 19.3 Å². The lowest BCUT2D eigenvalue weighted by molar-refractivity contribution is -0.125. The van der Waals surface area contributed by atoms with E-state index in [1.54, 1.807) is 0 Å². The van der Waals surface area contributed by atoms with Gasteiger partial charge in [0.15, 0.2) is 6.61 Å². The average Bonchev–Trinajstić information content (AvgIpc) is 2.56. The molecule has 1 amide bonds. The second-order valence-corrected chi connectivity index (χ2v) is 6.14. The van der Waals surface area contributed by atoms with Crippen molar-refractivity contribution >= 4 is 35.1 Å². The standard InChI is InChI=1S/C15H15Cl2N3O3/c16-11-6-10(7-19-13(11)17)14(22)23-8-12(21)20-15(9-18)4-2-1-3-5-15/h6-7H,1-5,8H2,(H,20,21). The molecule has 0 spiro atoms. The third kappa shape index (κ3) is 4.57. The molecule has 0 aliphatic heterocycles. The van der Waals surface area contributed by atoms with Gasteiger partial charge in [0.1, 0.15) is 10.7 Å². The Morgan fingerprint density at radius 1 is 1.35 bits per heavy atom. The Kier molecular flexibility index (Phi) is 5.80. The number of halogens is 2. The summed E-state index contributed by atoms with van der Waals surface area (Å²) in [6.07, 6.45) is 5.27. The number of aromatic nitrogens is 1. The summed E-state index contributed by atoms with van der Waals surface area (Å²) in [5.41, 5.74) is -0.757. The van der Waals surface area contributed by atoms with Gasteiger partial charge in [-0.25, -0.2) is 9.78 Å². The lowest BCUT2D eigenvalue weighted by Crippen LogP contribution is -2.50. The van der Waals surface area contributed by atoms with E-state index in [9.17, 15) is 14.9 Å². The minimum atomic E-state index is -0.854. The van der Waals surface area contributed by atoms with Crippen molar-refractivity contribution in [1.82, 2.24) is 10.3 Å².